The van der Waals surface area contributed by atoms with Gasteiger partial charge in [0.25, 0.3) is 5.91 Å². The van der Waals surface area contributed by atoms with E-state index in [1.165, 1.54) is 0 Å². The zero-order chi connectivity index (χ0) is 15.9. The number of carbonyl (C=O) groups is 1. The second-order valence-corrected chi connectivity index (χ2v) is 4.90. The molecule has 6 heteroatoms. The number of nitrogens with one attached hydrogen (secondary N) is 1. The second kappa shape index (κ2) is 7.38. The molecule has 0 heterocycles. The van der Waals surface area contributed by atoms with Crippen molar-refractivity contribution < 1.29 is 10.0 Å². The van der Waals surface area contributed by atoms with Gasteiger partial charge in [0.2, 0.25) is 0 Å². The Hall–Kier alpha value is -2.66. The maximum Gasteiger partial charge on any atom is 0.271 e. The highest BCUT2D eigenvalue weighted by Crippen LogP contribution is 2.10. The van der Waals surface area contributed by atoms with Gasteiger partial charge in [-0.25, -0.2) is 5.43 Å². The van der Waals surface area contributed by atoms with Crippen molar-refractivity contribution in [2.24, 2.45) is 10.3 Å². The van der Waals surface area contributed by atoms with Gasteiger partial charge in [0, 0.05) is 16.1 Å². The van der Waals surface area contributed by atoms with E-state index in [9.17, 15) is 4.79 Å². The summed E-state index contributed by atoms with van der Waals surface area (Å²) in [5.41, 5.74) is 4.22. The molecule has 0 bridgehead atoms. The summed E-state index contributed by atoms with van der Waals surface area (Å²) in [6.45, 7) is 1.59. The van der Waals surface area contributed by atoms with Crippen LogP contribution < -0.4 is 5.43 Å². The number of carbonyl (C=O) groups excluding carboxylic acids is 1. The molecule has 5 nitrogen and oxygen atoms in total. The van der Waals surface area contributed by atoms with E-state index in [2.05, 4.69) is 15.7 Å². The number of hydrazone groups is 1. The Morgan fingerprint density at radius 1 is 1.09 bits per heavy atom. The third-order valence-corrected chi connectivity index (χ3v) is 3.13. The predicted octanol–water partition coefficient (Wildman–Crippen LogP) is 3.32. The number of benzene rings is 2. The van der Waals surface area contributed by atoms with Crippen LogP contribution in [-0.2, 0) is 0 Å². The van der Waals surface area contributed by atoms with Crippen molar-refractivity contribution in [2.75, 3.05) is 0 Å². The topological polar surface area (TPSA) is 74.1 Å². The zero-order valence-electron chi connectivity index (χ0n) is 11.8. The number of hydrogen-bond donors (Lipinski definition) is 2. The molecule has 1 amide bonds. The van der Waals surface area contributed by atoms with E-state index in [1.807, 2.05) is 18.2 Å². The van der Waals surface area contributed by atoms with E-state index in [1.54, 1.807) is 43.3 Å². The maximum atomic E-state index is 12.1. The summed E-state index contributed by atoms with van der Waals surface area (Å²) >= 11 is 5.85. The fourth-order valence-corrected chi connectivity index (χ4v) is 1.99. The summed E-state index contributed by atoms with van der Waals surface area (Å²) in [5.74, 6) is -0.401. The quantitative estimate of drug-likeness (QED) is 0.516. The van der Waals surface area contributed by atoms with Crippen molar-refractivity contribution >= 4 is 28.9 Å². The Morgan fingerprint density at radius 2 is 1.77 bits per heavy atom. The zero-order valence-corrected chi connectivity index (χ0v) is 12.6. The number of hydrogen-bond acceptors (Lipinski definition) is 4. The van der Waals surface area contributed by atoms with Crippen molar-refractivity contribution in [3.05, 3.63) is 70.7 Å². The van der Waals surface area contributed by atoms with E-state index in [-0.39, 0.29) is 5.71 Å². The van der Waals surface area contributed by atoms with Crippen LogP contribution in [0.2, 0.25) is 5.02 Å². The molecule has 0 radical (unpaired) electrons. The second-order valence-electron chi connectivity index (χ2n) is 4.46. The van der Waals surface area contributed by atoms with Crippen molar-refractivity contribution in [3.8, 4) is 0 Å². The van der Waals surface area contributed by atoms with Gasteiger partial charge in [0.05, 0.1) is 0 Å². The van der Waals surface area contributed by atoms with Gasteiger partial charge in [-0.3, -0.25) is 4.79 Å². The lowest BCUT2D eigenvalue weighted by molar-refractivity contribution is 0.0955. The minimum atomic E-state index is -0.401. The lowest BCUT2D eigenvalue weighted by Gasteiger charge is -2.06. The molecular formula is C16H14ClN3O2. The number of nitrogens with zero attached hydrogens (tertiary/aromatic N) is 2. The molecule has 0 unspecified atom stereocenters. The van der Waals surface area contributed by atoms with E-state index in [4.69, 9.17) is 16.8 Å². The summed E-state index contributed by atoms with van der Waals surface area (Å²) in [6.07, 6.45) is 0. The number of halogens is 1. The molecule has 0 aliphatic rings. The van der Waals surface area contributed by atoms with Crippen LogP contribution in [-0.4, -0.2) is 22.5 Å². The molecule has 0 atom stereocenters. The molecule has 0 saturated heterocycles. The van der Waals surface area contributed by atoms with Gasteiger partial charge in [-0.1, -0.05) is 53.2 Å². The minimum absolute atomic E-state index is 0.289. The molecular weight excluding hydrogens is 302 g/mol. The molecule has 112 valence electrons. The van der Waals surface area contributed by atoms with E-state index in [0.717, 1.165) is 5.56 Å². The number of rotatable bonds is 4. The standard InChI is InChI=1S/C16H14ClN3O2/c1-11(20-22)15(12-6-3-2-4-7-12)18-19-16(21)13-8-5-9-14(17)10-13/h2-10,22H,1H3,(H,19,21). The van der Waals surface area contributed by atoms with Gasteiger partial charge in [-0.2, -0.15) is 5.10 Å². The third-order valence-electron chi connectivity index (χ3n) is 2.90. The average molecular weight is 316 g/mol. The van der Waals surface area contributed by atoms with E-state index >= 15 is 0 Å². The number of oxime groups is 1. The van der Waals surface area contributed by atoms with Crippen LogP contribution in [0, 0.1) is 0 Å². The molecule has 0 saturated carbocycles. The monoisotopic (exact) mass is 315 g/mol. The van der Waals surface area contributed by atoms with Crippen molar-refractivity contribution in [1.29, 1.82) is 0 Å². The highest BCUT2D eigenvalue weighted by atomic mass is 35.5. The first-order chi connectivity index (χ1) is 10.6. The Kier molecular flexibility index (Phi) is 5.27. The van der Waals surface area contributed by atoms with Crippen LogP contribution in [0.3, 0.4) is 0 Å². The number of amides is 1. The van der Waals surface area contributed by atoms with Crippen LogP contribution in [0.1, 0.15) is 22.8 Å². The molecule has 2 aromatic carbocycles. The van der Waals surface area contributed by atoms with Gasteiger partial charge in [-0.15, -0.1) is 0 Å². The lowest BCUT2D eigenvalue weighted by Crippen LogP contribution is -2.23. The van der Waals surface area contributed by atoms with Crippen LogP contribution in [0.25, 0.3) is 0 Å². The smallest absolute Gasteiger partial charge is 0.271 e. The molecule has 0 aliphatic carbocycles. The third kappa shape index (κ3) is 3.93. The summed E-state index contributed by atoms with van der Waals surface area (Å²) in [5, 5.41) is 16.6. The van der Waals surface area contributed by atoms with Gasteiger partial charge >= 0.3 is 0 Å². The first-order valence-corrected chi connectivity index (χ1v) is 6.87. The average Bonchev–Trinajstić information content (AvgIpc) is 2.55. The first kappa shape index (κ1) is 15.7. The molecule has 0 aromatic heterocycles. The summed E-state index contributed by atoms with van der Waals surface area (Å²) in [7, 11) is 0. The Labute approximate surface area is 132 Å². The molecule has 2 N–H and O–H groups in total. The normalized spacial score (nSPS) is 12.1. The van der Waals surface area contributed by atoms with Gasteiger partial charge < -0.3 is 5.21 Å². The fraction of sp³-hybridized carbons (Fsp3) is 0.0625. The summed E-state index contributed by atoms with van der Waals surface area (Å²) in [6, 6.07) is 15.7. The van der Waals surface area contributed by atoms with Crippen molar-refractivity contribution in [2.45, 2.75) is 6.92 Å². The van der Waals surface area contributed by atoms with Crippen molar-refractivity contribution in [3.63, 3.8) is 0 Å². The van der Waals surface area contributed by atoms with Crippen LogP contribution in [0.15, 0.2) is 64.9 Å². The van der Waals surface area contributed by atoms with E-state index in [0.29, 0.717) is 16.3 Å². The van der Waals surface area contributed by atoms with Crippen molar-refractivity contribution in [1.82, 2.24) is 5.43 Å². The van der Waals surface area contributed by atoms with E-state index < -0.39 is 5.91 Å². The summed E-state index contributed by atoms with van der Waals surface area (Å²) < 4.78 is 0. The largest absolute Gasteiger partial charge is 0.411 e. The fourth-order valence-electron chi connectivity index (χ4n) is 1.80. The van der Waals surface area contributed by atoms with Gasteiger partial charge in [-0.05, 0) is 25.1 Å². The summed E-state index contributed by atoms with van der Waals surface area (Å²) in [4.78, 5) is 12.1. The predicted molar refractivity (Wildman–Crippen MR) is 86.8 cm³/mol. The molecule has 22 heavy (non-hydrogen) atoms. The molecule has 0 aliphatic heterocycles. The minimum Gasteiger partial charge on any atom is -0.411 e. The highest BCUT2D eigenvalue weighted by molar-refractivity contribution is 6.47. The van der Waals surface area contributed by atoms with Gasteiger partial charge in [0.15, 0.2) is 0 Å². The maximum absolute atomic E-state index is 12.1. The highest BCUT2D eigenvalue weighted by Gasteiger charge is 2.10. The van der Waals surface area contributed by atoms with Crippen LogP contribution in [0.5, 0.6) is 0 Å². The molecule has 2 aromatic rings. The molecule has 2 rings (SSSR count). The first-order valence-electron chi connectivity index (χ1n) is 6.50. The van der Waals surface area contributed by atoms with Gasteiger partial charge in [0.1, 0.15) is 11.4 Å². The Bertz CT molecular complexity index is 727. The molecule has 0 spiro atoms. The Balaban J connectivity index is 2.26. The lowest BCUT2D eigenvalue weighted by atomic mass is 10.1. The Morgan fingerprint density at radius 3 is 2.41 bits per heavy atom. The van der Waals surface area contributed by atoms with Crippen LogP contribution in [0.4, 0.5) is 0 Å². The SMILES string of the molecule is CC(=NO)C(=NNC(=O)c1cccc(Cl)c1)c1ccccc1. The van der Waals surface area contributed by atoms with Crippen LogP contribution >= 0.6 is 11.6 Å². The molecule has 0 fully saturated rings.